The summed E-state index contributed by atoms with van der Waals surface area (Å²) in [6.45, 7) is 1.57. The number of nitro groups is 1. The molecule has 23 heavy (non-hydrogen) atoms. The van der Waals surface area contributed by atoms with Crippen molar-refractivity contribution in [2.75, 3.05) is 7.05 Å². The van der Waals surface area contributed by atoms with E-state index in [0.717, 1.165) is 9.87 Å². The van der Waals surface area contributed by atoms with E-state index in [1.165, 1.54) is 32.2 Å². The van der Waals surface area contributed by atoms with Crippen molar-refractivity contribution in [3.05, 3.63) is 68.7 Å². The maximum absolute atomic E-state index is 12.7. The molecule has 0 unspecified atom stereocenters. The van der Waals surface area contributed by atoms with Gasteiger partial charge in [0.1, 0.15) is 0 Å². The fourth-order valence-electron chi connectivity index (χ4n) is 2.18. The number of rotatable bonds is 5. The van der Waals surface area contributed by atoms with E-state index in [1.807, 2.05) is 0 Å². The average Bonchev–Trinajstić information content (AvgIpc) is 2.49. The van der Waals surface area contributed by atoms with Crippen LogP contribution in [0.1, 0.15) is 11.1 Å². The summed E-state index contributed by atoms with van der Waals surface area (Å²) < 4.78 is 26.5. The van der Waals surface area contributed by atoms with Crippen LogP contribution in [0.3, 0.4) is 0 Å². The minimum atomic E-state index is -3.84. The Bertz CT molecular complexity index is 835. The van der Waals surface area contributed by atoms with Gasteiger partial charge in [0.05, 0.1) is 9.82 Å². The minimum absolute atomic E-state index is 0.0665. The molecule has 0 heterocycles. The van der Waals surface area contributed by atoms with Crippen LogP contribution < -0.4 is 0 Å². The molecule has 0 aliphatic carbocycles. The highest BCUT2D eigenvalue weighted by Gasteiger charge is 2.26. The third-order valence-corrected chi connectivity index (χ3v) is 5.66. The van der Waals surface area contributed by atoms with Crippen molar-refractivity contribution in [2.24, 2.45) is 0 Å². The first kappa shape index (κ1) is 17.4. The Balaban J connectivity index is 2.36. The number of benzene rings is 2. The van der Waals surface area contributed by atoms with Gasteiger partial charge in [-0.15, -0.1) is 0 Å². The molecule has 2 aromatic rings. The first-order chi connectivity index (χ1) is 10.7. The zero-order chi connectivity index (χ0) is 17.2. The topological polar surface area (TPSA) is 80.5 Å². The number of nitro benzene ring substituents is 1. The smallest absolute Gasteiger partial charge is 0.258 e. The van der Waals surface area contributed by atoms with Crippen molar-refractivity contribution in [1.29, 1.82) is 0 Å². The van der Waals surface area contributed by atoms with Gasteiger partial charge in [0, 0.05) is 30.2 Å². The lowest BCUT2D eigenvalue weighted by atomic mass is 10.2. The molecule has 0 aliphatic rings. The van der Waals surface area contributed by atoms with Gasteiger partial charge in [-0.25, -0.2) is 8.42 Å². The maximum Gasteiger partial charge on any atom is 0.273 e. The van der Waals surface area contributed by atoms with Crippen LogP contribution >= 0.6 is 11.6 Å². The van der Waals surface area contributed by atoms with Crippen LogP contribution in [0.5, 0.6) is 0 Å². The summed E-state index contributed by atoms with van der Waals surface area (Å²) in [4.78, 5) is 10.3. The van der Waals surface area contributed by atoms with Crippen molar-refractivity contribution in [3.8, 4) is 0 Å². The molecule has 122 valence electrons. The van der Waals surface area contributed by atoms with E-state index in [0.29, 0.717) is 5.02 Å². The SMILES string of the molecule is Cc1c([N+](=O)[O-])cccc1S(=O)(=O)N(C)Cc1ccc(Cl)cc1. The van der Waals surface area contributed by atoms with E-state index in [2.05, 4.69) is 0 Å². The number of hydrogen-bond acceptors (Lipinski definition) is 4. The summed E-state index contributed by atoms with van der Waals surface area (Å²) in [5.74, 6) is 0. The Morgan fingerprint density at radius 2 is 1.78 bits per heavy atom. The van der Waals surface area contributed by atoms with Crippen LogP contribution in [0.4, 0.5) is 5.69 Å². The van der Waals surface area contributed by atoms with Gasteiger partial charge in [0.15, 0.2) is 0 Å². The molecule has 0 spiro atoms. The van der Waals surface area contributed by atoms with E-state index in [4.69, 9.17) is 11.6 Å². The van der Waals surface area contributed by atoms with Gasteiger partial charge < -0.3 is 0 Å². The predicted molar refractivity (Wildman–Crippen MR) is 87.9 cm³/mol. The number of nitrogens with zero attached hydrogens (tertiary/aromatic N) is 2. The third-order valence-electron chi connectivity index (χ3n) is 3.46. The number of hydrogen-bond donors (Lipinski definition) is 0. The highest BCUT2D eigenvalue weighted by molar-refractivity contribution is 7.89. The lowest BCUT2D eigenvalue weighted by Gasteiger charge is -2.18. The Labute approximate surface area is 139 Å². The highest BCUT2D eigenvalue weighted by atomic mass is 35.5. The largest absolute Gasteiger partial charge is 0.273 e. The molecule has 0 bridgehead atoms. The molecule has 0 aliphatic heterocycles. The van der Waals surface area contributed by atoms with Gasteiger partial charge in [-0.2, -0.15) is 4.31 Å². The summed E-state index contributed by atoms with van der Waals surface area (Å²) in [6.07, 6.45) is 0. The van der Waals surface area contributed by atoms with Gasteiger partial charge >= 0.3 is 0 Å². The molecule has 0 amide bonds. The molecular formula is C15H15ClN2O4S. The van der Waals surface area contributed by atoms with Gasteiger partial charge in [-0.1, -0.05) is 29.8 Å². The number of sulfonamides is 1. The van der Waals surface area contributed by atoms with Crippen molar-refractivity contribution in [2.45, 2.75) is 18.4 Å². The zero-order valence-electron chi connectivity index (χ0n) is 12.6. The van der Waals surface area contributed by atoms with Crippen LogP contribution in [0.2, 0.25) is 5.02 Å². The van der Waals surface area contributed by atoms with Crippen LogP contribution in [0.25, 0.3) is 0 Å². The molecule has 0 saturated carbocycles. The molecule has 8 heteroatoms. The van der Waals surface area contributed by atoms with Crippen LogP contribution in [0.15, 0.2) is 47.4 Å². The second-order valence-corrected chi connectivity index (χ2v) is 7.49. The zero-order valence-corrected chi connectivity index (χ0v) is 14.1. The summed E-state index contributed by atoms with van der Waals surface area (Å²) >= 11 is 5.81. The fourth-order valence-corrected chi connectivity index (χ4v) is 3.70. The Kier molecular flexibility index (Phi) is 5.03. The highest BCUT2D eigenvalue weighted by Crippen LogP contribution is 2.27. The van der Waals surface area contributed by atoms with Gasteiger partial charge in [0.2, 0.25) is 10.0 Å². The second-order valence-electron chi connectivity index (χ2n) is 5.04. The van der Waals surface area contributed by atoms with Crippen LogP contribution in [0, 0.1) is 17.0 Å². The van der Waals surface area contributed by atoms with Crippen molar-refractivity contribution >= 4 is 27.3 Å². The fraction of sp³-hybridized carbons (Fsp3) is 0.200. The molecule has 0 aromatic heterocycles. The molecule has 0 N–H and O–H groups in total. The molecule has 2 rings (SSSR count). The van der Waals surface area contributed by atoms with Crippen molar-refractivity contribution < 1.29 is 13.3 Å². The van der Waals surface area contributed by atoms with Gasteiger partial charge in [-0.05, 0) is 30.7 Å². The third kappa shape index (κ3) is 3.69. The van der Waals surface area contributed by atoms with Crippen molar-refractivity contribution in [1.82, 2.24) is 4.31 Å². The molecule has 0 radical (unpaired) electrons. The number of halogens is 1. The van der Waals surface area contributed by atoms with E-state index >= 15 is 0 Å². The second kappa shape index (κ2) is 6.66. The summed E-state index contributed by atoms with van der Waals surface area (Å²) in [5.41, 5.74) is 0.676. The quantitative estimate of drug-likeness (QED) is 0.609. The van der Waals surface area contributed by atoms with Crippen LogP contribution in [-0.2, 0) is 16.6 Å². The predicted octanol–water partition coefficient (Wildman–Crippen LogP) is 3.38. The lowest BCUT2D eigenvalue weighted by Crippen LogP contribution is -2.27. The minimum Gasteiger partial charge on any atom is -0.258 e. The maximum atomic E-state index is 12.7. The monoisotopic (exact) mass is 354 g/mol. The van der Waals surface area contributed by atoms with Crippen molar-refractivity contribution in [3.63, 3.8) is 0 Å². The van der Waals surface area contributed by atoms with Gasteiger partial charge in [-0.3, -0.25) is 10.1 Å². The standard InChI is InChI=1S/C15H15ClN2O4S/c1-11-14(18(19)20)4-3-5-15(11)23(21,22)17(2)10-12-6-8-13(16)9-7-12/h3-9H,10H2,1-2H3. The Morgan fingerprint density at radius 1 is 1.17 bits per heavy atom. The normalized spacial score (nSPS) is 11.7. The van der Waals surface area contributed by atoms with E-state index in [9.17, 15) is 18.5 Å². The molecular weight excluding hydrogens is 340 g/mol. The Hall–Kier alpha value is -1.96. The summed E-state index contributed by atoms with van der Waals surface area (Å²) in [7, 11) is -2.41. The van der Waals surface area contributed by atoms with E-state index in [-0.39, 0.29) is 22.7 Å². The molecule has 0 fully saturated rings. The van der Waals surface area contributed by atoms with E-state index < -0.39 is 14.9 Å². The molecule has 0 atom stereocenters. The average molecular weight is 355 g/mol. The first-order valence-corrected chi connectivity index (χ1v) is 8.50. The molecule has 2 aromatic carbocycles. The van der Waals surface area contributed by atoms with Gasteiger partial charge in [0.25, 0.3) is 5.69 Å². The Morgan fingerprint density at radius 3 is 2.35 bits per heavy atom. The van der Waals surface area contributed by atoms with E-state index in [1.54, 1.807) is 24.3 Å². The molecule has 0 saturated heterocycles. The lowest BCUT2D eigenvalue weighted by molar-refractivity contribution is -0.385. The summed E-state index contributed by atoms with van der Waals surface area (Å²) in [6, 6.07) is 10.8. The molecule has 6 nitrogen and oxygen atoms in total. The van der Waals surface area contributed by atoms with Crippen LogP contribution in [-0.4, -0.2) is 24.7 Å². The first-order valence-electron chi connectivity index (χ1n) is 6.68. The summed E-state index contributed by atoms with van der Waals surface area (Å²) in [5, 5.41) is 11.5.